The molecule has 3 rings (SSSR count). The van der Waals surface area contributed by atoms with Crippen molar-refractivity contribution < 1.29 is 9.18 Å². The molecule has 0 saturated heterocycles. The van der Waals surface area contributed by atoms with Crippen LogP contribution in [0.15, 0.2) is 36.8 Å². The molecule has 2 aromatic rings. The van der Waals surface area contributed by atoms with Crippen LogP contribution in [-0.4, -0.2) is 21.9 Å². The molecule has 1 aromatic carbocycles. The average molecular weight is 320 g/mol. The van der Waals surface area contributed by atoms with Crippen LogP contribution in [0.5, 0.6) is 0 Å². The molecular formula is C16H15ClFN3O. The first-order valence-corrected chi connectivity index (χ1v) is 7.53. The molecule has 1 heterocycles. The van der Waals surface area contributed by atoms with Crippen molar-refractivity contribution in [1.82, 2.24) is 15.3 Å². The highest BCUT2D eigenvalue weighted by Gasteiger charge is 2.28. The second kappa shape index (κ2) is 6.40. The van der Waals surface area contributed by atoms with Gasteiger partial charge in [-0.3, -0.25) is 4.79 Å². The van der Waals surface area contributed by atoms with E-state index >= 15 is 0 Å². The molecule has 1 aliphatic carbocycles. The maximum Gasteiger partial charge on any atom is 0.271 e. The Morgan fingerprint density at radius 1 is 1.27 bits per heavy atom. The van der Waals surface area contributed by atoms with E-state index in [1.165, 1.54) is 24.7 Å². The highest BCUT2D eigenvalue weighted by molar-refractivity contribution is 6.33. The molecule has 0 unspecified atom stereocenters. The highest BCUT2D eigenvalue weighted by Crippen LogP contribution is 2.34. The number of hydrogen-bond acceptors (Lipinski definition) is 3. The lowest BCUT2D eigenvalue weighted by Gasteiger charge is -2.14. The van der Waals surface area contributed by atoms with Gasteiger partial charge in [-0.1, -0.05) is 23.7 Å². The molecule has 1 amide bonds. The minimum Gasteiger partial charge on any atom is -0.348 e. The molecule has 2 atom stereocenters. The molecule has 22 heavy (non-hydrogen) atoms. The number of nitrogens with zero attached hydrogens (tertiary/aromatic N) is 2. The first-order chi connectivity index (χ1) is 10.6. The molecule has 1 aromatic heterocycles. The number of nitrogens with one attached hydrogen (secondary N) is 1. The monoisotopic (exact) mass is 319 g/mol. The topological polar surface area (TPSA) is 54.9 Å². The lowest BCUT2D eigenvalue weighted by atomic mass is 9.97. The second-order valence-corrected chi connectivity index (χ2v) is 5.86. The van der Waals surface area contributed by atoms with E-state index in [2.05, 4.69) is 15.3 Å². The summed E-state index contributed by atoms with van der Waals surface area (Å²) in [6.45, 7) is 0. The molecule has 4 nitrogen and oxygen atoms in total. The van der Waals surface area contributed by atoms with E-state index in [0.717, 1.165) is 24.8 Å². The average Bonchev–Trinajstić information content (AvgIpc) is 2.97. The maximum absolute atomic E-state index is 13.0. The van der Waals surface area contributed by atoms with Gasteiger partial charge in [-0.15, -0.1) is 0 Å². The molecule has 1 fully saturated rings. The quantitative estimate of drug-likeness (QED) is 0.944. The Kier molecular flexibility index (Phi) is 4.34. The largest absolute Gasteiger partial charge is 0.348 e. The van der Waals surface area contributed by atoms with E-state index in [-0.39, 0.29) is 28.5 Å². The van der Waals surface area contributed by atoms with Crippen molar-refractivity contribution in [2.45, 2.75) is 31.2 Å². The van der Waals surface area contributed by atoms with E-state index in [1.807, 2.05) is 12.1 Å². The molecule has 0 aliphatic heterocycles. The zero-order chi connectivity index (χ0) is 15.5. The molecule has 1 aliphatic rings. The zero-order valence-electron chi connectivity index (χ0n) is 11.8. The third-order valence-corrected chi connectivity index (χ3v) is 4.27. The van der Waals surface area contributed by atoms with Gasteiger partial charge in [0, 0.05) is 12.2 Å². The predicted octanol–water partition coefficient (Wildman–Crippen LogP) is 3.34. The molecule has 0 radical (unpaired) electrons. The van der Waals surface area contributed by atoms with E-state index in [0.29, 0.717) is 5.92 Å². The highest BCUT2D eigenvalue weighted by atomic mass is 35.5. The minimum atomic E-state index is -0.280. The third-order valence-electron chi connectivity index (χ3n) is 3.99. The van der Waals surface area contributed by atoms with Crippen molar-refractivity contribution in [3.63, 3.8) is 0 Å². The fourth-order valence-electron chi connectivity index (χ4n) is 2.88. The molecule has 0 spiro atoms. The molecule has 114 valence electrons. The fourth-order valence-corrected chi connectivity index (χ4v) is 3.07. The summed E-state index contributed by atoms with van der Waals surface area (Å²) < 4.78 is 13.0. The Hall–Kier alpha value is -2.01. The standard InChI is InChI=1S/C16H15ClFN3O/c17-14-8-19-9-20-15(14)16(22)21-13-6-3-11(7-13)10-1-4-12(18)5-2-10/h1-2,4-5,8-9,11,13H,3,6-7H2,(H,21,22)/t11-,13-/m1/s1. The number of hydrogen-bond donors (Lipinski definition) is 1. The van der Waals surface area contributed by atoms with Crippen LogP contribution in [0.1, 0.15) is 41.2 Å². The summed E-state index contributed by atoms with van der Waals surface area (Å²) >= 11 is 5.92. The van der Waals surface area contributed by atoms with E-state index in [4.69, 9.17) is 11.6 Å². The molecular weight excluding hydrogens is 305 g/mol. The Balaban J connectivity index is 1.62. The van der Waals surface area contributed by atoms with Gasteiger partial charge < -0.3 is 5.32 Å². The summed E-state index contributed by atoms with van der Waals surface area (Å²) in [5, 5.41) is 3.20. The fraction of sp³-hybridized carbons (Fsp3) is 0.312. The van der Waals surface area contributed by atoms with Crippen LogP contribution in [0, 0.1) is 5.82 Å². The maximum atomic E-state index is 13.0. The molecule has 1 N–H and O–H groups in total. The second-order valence-electron chi connectivity index (χ2n) is 5.45. The Labute approximate surface area is 132 Å². The summed E-state index contributed by atoms with van der Waals surface area (Å²) in [6.07, 6.45) is 5.39. The summed E-state index contributed by atoms with van der Waals surface area (Å²) in [7, 11) is 0. The number of amides is 1. The Morgan fingerprint density at radius 3 is 2.77 bits per heavy atom. The molecule has 0 bridgehead atoms. The van der Waals surface area contributed by atoms with Crippen LogP contribution < -0.4 is 5.32 Å². The van der Waals surface area contributed by atoms with Crippen LogP contribution in [0.3, 0.4) is 0 Å². The minimum absolute atomic E-state index is 0.0774. The van der Waals surface area contributed by atoms with Crippen molar-refractivity contribution in [2.24, 2.45) is 0 Å². The van der Waals surface area contributed by atoms with E-state index < -0.39 is 0 Å². The van der Waals surface area contributed by atoms with Crippen molar-refractivity contribution in [1.29, 1.82) is 0 Å². The number of aromatic nitrogens is 2. The first kappa shape index (κ1) is 14.9. The van der Waals surface area contributed by atoms with E-state index in [9.17, 15) is 9.18 Å². The summed E-state index contributed by atoms with van der Waals surface area (Å²) in [4.78, 5) is 19.8. The predicted molar refractivity (Wildman–Crippen MR) is 81.3 cm³/mol. The Morgan fingerprint density at radius 2 is 2.05 bits per heavy atom. The lowest BCUT2D eigenvalue weighted by Crippen LogP contribution is -2.33. The molecule has 1 saturated carbocycles. The lowest BCUT2D eigenvalue weighted by molar-refractivity contribution is 0.0932. The van der Waals surface area contributed by atoms with Crippen molar-refractivity contribution >= 4 is 17.5 Å². The van der Waals surface area contributed by atoms with Crippen molar-refractivity contribution in [3.8, 4) is 0 Å². The molecule has 6 heteroatoms. The van der Waals surface area contributed by atoms with Gasteiger partial charge in [-0.2, -0.15) is 0 Å². The van der Waals surface area contributed by atoms with Crippen LogP contribution in [0.4, 0.5) is 4.39 Å². The van der Waals surface area contributed by atoms with Crippen molar-refractivity contribution in [3.05, 3.63) is 58.9 Å². The smallest absolute Gasteiger partial charge is 0.271 e. The van der Waals surface area contributed by atoms with Gasteiger partial charge in [0.1, 0.15) is 17.8 Å². The third kappa shape index (κ3) is 3.25. The number of carbonyl (C=O) groups is 1. The van der Waals surface area contributed by atoms with Crippen LogP contribution in [-0.2, 0) is 0 Å². The summed E-state index contributed by atoms with van der Waals surface area (Å²) in [6, 6.07) is 6.65. The van der Waals surface area contributed by atoms with Gasteiger partial charge in [-0.25, -0.2) is 14.4 Å². The summed E-state index contributed by atoms with van der Waals surface area (Å²) in [5.74, 6) is -0.172. The Bertz CT molecular complexity index is 677. The zero-order valence-corrected chi connectivity index (χ0v) is 12.6. The van der Waals surface area contributed by atoms with Gasteiger partial charge in [0.15, 0.2) is 0 Å². The van der Waals surface area contributed by atoms with Gasteiger partial charge in [0.05, 0.1) is 5.02 Å². The van der Waals surface area contributed by atoms with Gasteiger partial charge in [0.2, 0.25) is 0 Å². The van der Waals surface area contributed by atoms with Gasteiger partial charge >= 0.3 is 0 Å². The van der Waals surface area contributed by atoms with Crippen LogP contribution in [0.25, 0.3) is 0 Å². The number of carbonyl (C=O) groups excluding carboxylic acids is 1. The number of halogens is 2. The van der Waals surface area contributed by atoms with Crippen molar-refractivity contribution in [2.75, 3.05) is 0 Å². The van der Waals surface area contributed by atoms with Gasteiger partial charge in [0.25, 0.3) is 5.91 Å². The van der Waals surface area contributed by atoms with Crippen LogP contribution in [0.2, 0.25) is 5.02 Å². The van der Waals surface area contributed by atoms with Gasteiger partial charge in [-0.05, 0) is 42.9 Å². The number of rotatable bonds is 3. The van der Waals surface area contributed by atoms with Crippen LogP contribution >= 0.6 is 11.6 Å². The first-order valence-electron chi connectivity index (χ1n) is 7.15. The van der Waals surface area contributed by atoms with E-state index in [1.54, 1.807) is 0 Å². The number of benzene rings is 1. The SMILES string of the molecule is O=C(N[C@@H]1CC[C@@H](c2ccc(F)cc2)C1)c1ncncc1Cl. The normalized spacial score (nSPS) is 20.8. The summed E-state index contributed by atoms with van der Waals surface area (Å²) in [5.41, 5.74) is 1.31.